The van der Waals surface area contributed by atoms with Gasteiger partial charge < -0.3 is 9.15 Å². The zero-order chi connectivity index (χ0) is 22.7. The molecule has 1 saturated heterocycles. The van der Waals surface area contributed by atoms with Crippen LogP contribution < -0.4 is 5.63 Å². The Morgan fingerprint density at radius 3 is 2.50 bits per heavy atom. The van der Waals surface area contributed by atoms with Crippen LogP contribution in [0.15, 0.2) is 68.7 Å². The highest BCUT2D eigenvalue weighted by Crippen LogP contribution is 2.25. The Bertz CT molecular complexity index is 1270. The molecule has 3 aromatic rings. The summed E-state index contributed by atoms with van der Waals surface area (Å²) in [7, 11) is -3.57. The van der Waals surface area contributed by atoms with E-state index >= 15 is 0 Å². The summed E-state index contributed by atoms with van der Waals surface area (Å²) in [5.41, 5.74) is 1.63. The smallest absolute Gasteiger partial charge is 0.336 e. The molecule has 7 nitrogen and oxygen atoms in total. The number of hydrogen-bond donors (Lipinski definition) is 0. The lowest BCUT2D eigenvalue weighted by molar-refractivity contribution is -0.151. The van der Waals surface area contributed by atoms with Gasteiger partial charge in [0.15, 0.2) is 0 Å². The number of benzene rings is 2. The number of sulfonamides is 1. The van der Waals surface area contributed by atoms with E-state index in [1.54, 1.807) is 30.3 Å². The first-order valence-electron chi connectivity index (χ1n) is 10.7. The Labute approximate surface area is 186 Å². The monoisotopic (exact) mass is 455 g/mol. The molecule has 0 amide bonds. The summed E-state index contributed by atoms with van der Waals surface area (Å²) in [5.74, 6) is -0.761. The predicted octanol–water partition coefficient (Wildman–Crippen LogP) is 3.50. The Morgan fingerprint density at radius 2 is 1.81 bits per heavy atom. The quantitative estimate of drug-likeness (QED) is 0.417. The minimum absolute atomic E-state index is 0.0328. The molecule has 32 heavy (non-hydrogen) atoms. The van der Waals surface area contributed by atoms with E-state index in [-0.39, 0.29) is 36.5 Å². The Balaban J connectivity index is 1.39. The third kappa shape index (κ3) is 4.61. The summed E-state index contributed by atoms with van der Waals surface area (Å²) in [5, 5.41) is 0.735. The van der Waals surface area contributed by atoms with Crippen molar-refractivity contribution in [3.63, 3.8) is 0 Å². The van der Waals surface area contributed by atoms with E-state index in [0.717, 1.165) is 17.4 Å². The number of piperidine rings is 1. The van der Waals surface area contributed by atoms with Crippen LogP contribution in [-0.4, -0.2) is 31.8 Å². The van der Waals surface area contributed by atoms with Crippen LogP contribution >= 0.6 is 0 Å². The molecule has 1 fully saturated rings. The fourth-order valence-electron chi connectivity index (χ4n) is 3.95. The normalized spacial score (nSPS) is 15.7. The van der Waals surface area contributed by atoms with Crippen LogP contribution in [0.5, 0.6) is 0 Å². The Kier molecular flexibility index (Phi) is 6.43. The maximum atomic E-state index is 12.7. The first kappa shape index (κ1) is 22.2. The predicted molar refractivity (Wildman–Crippen MR) is 120 cm³/mol. The minimum Gasteiger partial charge on any atom is -0.461 e. The average molecular weight is 456 g/mol. The summed E-state index contributed by atoms with van der Waals surface area (Å²) >= 11 is 0. The SMILES string of the molecule is CCc1ccc2c(COC(=O)C3CCN(S(=O)(=O)c4ccccc4)CC3)cc(=O)oc2c1. The van der Waals surface area contributed by atoms with E-state index in [2.05, 4.69) is 0 Å². The molecular weight excluding hydrogens is 430 g/mol. The van der Waals surface area contributed by atoms with E-state index in [1.165, 1.54) is 10.4 Å². The van der Waals surface area contributed by atoms with Gasteiger partial charge in [-0.3, -0.25) is 4.79 Å². The van der Waals surface area contributed by atoms with Gasteiger partial charge in [0.25, 0.3) is 0 Å². The topological polar surface area (TPSA) is 93.9 Å². The molecule has 0 N–H and O–H groups in total. The maximum Gasteiger partial charge on any atom is 0.336 e. The van der Waals surface area contributed by atoms with Gasteiger partial charge in [0.05, 0.1) is 10.8 Å². The van der Waals surface area contributed by atoms with E-state index in [4.69, 9.17) is 9.15 Å². The molecule has 1 aliphatic heterocycles. The van der Waals surface area contributed by atoms with Gasteiger partial charge in [-0.25, -0.2) is 13.2 Å². The lowest BCUT2D eigenvalue weighted by Crippen LogP contribution is -2.40. The molecule has 0 atom stereocenters. The van der Waals surface area contributed by atoms with E-state index in [9.17, 15) is 18.0 Å². The molecule has 2 aromatic carbocycles. The molecule has 0 bridgehead atoms. The molecule has 0 saturated carbocycles. The van der Waals surface area contributed by atoms with Crippen molar-refractivity contribution in [3.05, 3.63) is 76.1 Å². The molecule has 0 radical (unpaired) electrons. The van der Waals surface area contributed by atoms with Crippen molar-refractivity contribution in [1.82, 2.24) is 4.31 Å². The maximum absolute atomic E-state index is 12.7. The lowest BCUT2D eigenvalue weighted by Gasteiger charge is -2.30. The number of nitrogens with zero attached hydrogens (tertiary/aromatic N) is 1. The average Bonchev–Trinajstić information content (AvgIpc) is 2.82. The van der Waals surface area contributed by atoms with Crippen LogP contribution in [0.25, 0.3) is 11.0 Å². The molecule has 1 aliphatic rings. The molecule has 0 unspecified atom stereocenters. The number of esters is 1. The highest BCUT2D eigenvalue weighted by atomic mass is 32.2. The van der Waals surface area contributed by atoms with Gasteiger partial charge in [-0.2, -0.15) is 4.31 Å². The molecule has 1 aromatic heterocycles. The molecule has 2 heterocycles. The van der Waals surface area contributed by atoms with Crippen LogP contribution in [0.3, 0.4) is 0 Å². The fraction of sp³-hybridized carbons (Fsp3) is 0.333. The van der Waals surface area contributed by atoms with Crippen LogP contribution in [0.4, 0.5) is 0 Å². The fourth-order valence-corrected chi connectivity index (χ4v) is 5.44. The summed E-state index contributed by atoms with van der Waals surface area (Å²) in [6, 6.07) is 15.3. The summed E-state index contributed by atoms with van der Waals surface area (Å²) in [6.07, 6.45) is 1.60. The van der Waals surface area contributed by atoms with Crippen LogP contribution in [0, 0.1) is 5.92 Å². The van der Waals surface area contributed by atoms with Gasteiger partial charge in [-0.15, -0.1) is 0 Å². The number of hydrogen-bond acceptors (Lipinski definition) is 6. The van der Waals surface area contributed by atoms with E-state index in [1.807, 2.05) is 25.1 Å². The van der Waals surface area contributed by atoms with Crippen molar-refractivity contribution in [3.8, 4) is 0 Å². The molecular formula is C24H25NO6S. The Morgan fingerprint density at radius 1 is 1.09 bits per heavy atom. The number of carbonyl (C=O) groups is 1. The van der Waals surface area contributed by atoms with Crippen molar-refractivity contribution in [2.24, 2.45) is 5.92 Å². The van der Waals surface area contributed by atoms with Crippen molar-refractivity contribution in [2.45, 2.75) is 37.7 Å². The van der Waals surface area contributed by atoms with E-state index in [0.29, 0.717) is 24.0 Å². The van der Waals surface area contributed by atoms with Gasteiger partial charge in [0.2, 0.25) is 10.0 Å². The number of fused-ring (bicyclic) bond motifs is 1. The van der Waals surface area contributed by atoms with Crippen molar-refractivity contribution in [1.29, 1.82) is 0 Å². The highest BCUT2D eigenvalue weighted by molar-refractivity contribution is 7.89. The van der Waals surface area contributed by atoms with Gasteiger partial charge in [-0.1, -0.05) is 37.3 Å². The van der Waals surface area contributed by atoms with Crippen LogP contribution in [0.2, 0.25) is 0 Å². The van der Waals surface area contributed by atoms with E-state index < -0.39 is 15.6 Å². The third-order valence-electron chi connectivity index (χ3n) is 5.84. The first-order valence-corrected chi connectivity index (χ1v) is 12.1. The largest absolute Gasteiger partial charge is 0.461 e. The summed E-state index contributed by atoms with van der Waals surface area (Å²) < 4.78 is 37.7. The molecule has 0 spiro atoms. The van der Waals surface area contributed by atoms with Gasteiger partial charge in [0, 0.05) is 30.1 Å². The first-order chi connectivity index (χ1) is 15.4. The molecule has 4 rings (SSSR count). The zero-order valence-corrected chi connectivity index (χ0v) is 18.6. The zero-order valence-electron chi connectivity index (χ0n) is 17.8. The second kappa shape index (κ2) is 9.26. The van der Waals surface area contributed by atoms with Crippen LogP contribution in [-0.2, 0) is 32.6 Å². The highest BCUT2D eigenvalue weighted by Gasteiger charge is 2.32. The van der Waals surface area contributed by atoms with Gasteiger partial charge in [0.1, 0.15) is 12.2 Å². The summed E-state index contributed by atoms with van der Waals surface area (Å²) in [6.45, 7) is 2.50. The second-order valence-electron chi connectivity index (χ2n) is 7.87. The van der Waals surface area contributed by atoms with Gasteiger partial charge in [-0.05, 0) is 43.0 Å². The number of rotatable bonds is 6. The van der Waals surface area contributed by atoms with Crippen molar-refractivity contribution >= 4 is 27.0 Å². The van der Waals surface area contributed by atoms with Crippen molar-refractivity contribution < 1.29 is 22.4 Å². The molecule has 168 valence electrons. The number of ether oxygens (including phenoxy) is 1. The Hall–Kier alpha value is -2.97. The van der Waals surface area contributed by atoms with Gasteiger partial charge >= 0.3 is 11.6 Å². The summed E-state index contributed by atoms with van der Waals surface area (Å²) in [4.78, 5) is 24.8. The van der Waals surface area contributed by atoms with Crippen LogP contribution in [0.1, 0.15) is 30.9 Å². The molecule has 8 heteroatoms. The second-order valence-corrected chi connectivity index (χ2v) is 9.81. The minimum atomic E-state index is -3.57. The standard InChI is InChI=1S/C24H25NO6S/c1-2-17-8-9-21-19(15-23(26)31-22(21)14-17)16-30-24(27)18-10-12-25(13-11-18)32(28,29)20-6-4-3-5-7-20/h3-9,14-15,18H,2,10-13,16H2,1H3. The molecule has 0 aliphatic carbocycles. The number of carbonyl (C=O) groups excluding carboxylic acids is 1. The van der Waals surface area contributed by atoms with Crippen molar-refractivity contribution in [2.75, 3.05) is 13.1 Å². The third-order valence-corrected chi connectivity index (χ3v) is 7.75. The lowest BCUT2D eigenvalue weighted by atomic mass is 9.98. The number of aryl methyl sites for hydroxylation is 1.